The number of aromatic carboxylic acids is 1. The van der Waals surface area contributed by atoms with E-state index in [1.807, 2.05) is 25.1 Å². The Kier molecular flexibility index (Phi) is 2.39. The van der Waals surface area contributed by atoms with Gasteiger partial charge >= 0.3 is 0 Å². The maximum Gasteiger partial charge on any atom is 0.168 e. The Morgan fingerprint density at radius 1 is 0.833 bits per heavy atom. The van der Waals surface area contributed by atoms with Crippen LogP contribution in [0.3, 0.4) is 0 Å². The van der Waals surface area contributed by atoms with Crippen molar-refractivity contribution in [3.05, 3.63) is 69.8 Å². The highest BCUT2D eigenvalue weighted by atomic mass is 16.4. The van der Waals surface area contributed by atoms with E-state index in [1.54, 1.807) is 12.1 Å². The van der Waals surface area contributed by atoms with Crippen molar-refractivity contribution in [1.82, 2.24) is 0 Å². The lowest BCUT2D eigenvalue weighted by molar-refractivity contribution is -0.255. The minimum Gasteiger partial charge on any atom is -0.545 e. The van der Waals surface area contributed by atoms with Gasteiger partial charge in [-0.3, -0.25) is 9.59 Å². The Balaban J connectivity index is 1.70. The summed E-state index contributed by atoms with van der Waals surface area (Å²) in [6, 6.07) is 10.6. The number of fused-ring (bicyclic) bond motifs is 8. The van der Waals surface area contributed by atoms with E-state index < -0.39 is 5.97 Å². The minimum absolute atomic E-state index is 0.0538. The second-order valence-electron chi connectivity index (χ2n) is 6.93. The van der Waals surface area contributed by atoms with Crippen molar-refractivity contribution in [2.75, 3.05) is 0 Å². The zero-order chi connectivity index (χ0) is 16.7. The van der Waals surface area contributed by atoms with Crippen LogP contribution in [0.15, 0.2) is 36.4 Å². The van der Waals surface area contributed by atoms with Gasteiger partial charge in [0.2, 0.25) is 0 Å². The molecule has 0 aromatic heterocycles. The average molecular weight is 317 g/mol. The molecule has 0 bridgehead atoms. The van der Waals surface area contributed by atoms with E-state index in [2.05, 4.69) is 0 Å². The molecule has 0 spiro atoms. The van der Waals surface area contributed by atoms with Crippen molar-refractivity contribution in [1.29, 1.82) is 0 Å². The SMILES string of the molecule is Cc1cccc2c1C(=O)[C@H]1[C@@H]2[C@H]2C(=O)c3c(C(=O)[O-])cccc3[C@@H]21. The fourth-order valence-corrected chi connectivity index (χ4v) is 5.11. The molecule has 0 radical (unpaired) electrons. The van der Waals surface area contributed by atoms with Gasteiger partial charge in [-0.15, -0.1) is 0 Å². The number of benzene rings is 2. The Labute approximate surface area is 138 Å². The molecule has 118 valence electrons. The number of hydrogen-bond acceptors (Lipinski definition) is 4. The zero-order valence-electron chi connectivity index (χ0n) is 12.9. The van der Waals surface area contributed by atoms with E-state index in [0.29, 0.717) is 5.56 Å². The molecule has 4 heteroatoms. The summed E-state index contributed by atoms with van der Waals surface area (Å²) in [5, 5.41) is 11.4. The maximum absolute atomic E-state index is 12.9. The van der Waals surface area contributed by atoms with Crippen LogP contribution in [0.2, 0.25) is 0 Å². The lowest BCUT2D eigenvalue weighted by Gasteiger charge is -2.43. The molecule has 3 aliphatic carbocycles. The first-order valence-electron chi connectivity index (χ1n) is 8.04. The molecule has 0 N–H and O–H groups in total. The van der Waals surface area contributed by atoms with Gasteiger partial charge in [0.15, 0.2) is 11.6 Å². The van der Waals surface area contributed by atoms with Crippen LogP contribution in [-0.4, -0.2) is 17.5 Å². The van der Waals surface area contributed by atoms with E-state index in [9.17, 15) is 19.5 Å². The van der Waals surface area contributed by atoms with Crippen LogP contribution in [0.25, 0.3) is 0 Å². The lowest BCUT2D eigenvalue weighted by atomic mass is 9.57. The normalized spacial score (nSPS) is 28.7. The first-order chi connectivity index (χ1) is 11.5. The van der Waals surface area contributed by atoms with E-state index in [0.717, 1.165) is 16.7 Å². The summed E-state index contributed by atoms with van der Waals surface area (Å²) in [6.45, 7) is 1.92. The van der Waals surface area contributed by atoms with Gasteiger partial charge < -0.3 is 9.90 Å². The van der Waals surface area contributed by atoms with Gasteiger partial charge in [0, 0.05) is 40.4 Å². The number of carboxylic acid groups (broad SMARTS) is 1. The molecular weight excluding hydrogens is 304 g/mol. The van der Waals surface area contributed by atoms with Crippen molar-refractivity contribution < 1.29 is 19.5 Å². The van der Waals surface area contributed by atoms with Crippen molar-refractivity contribution in [3.63, 3.8) is 0 Å². The van der Waals surface area contributed by atoms with Gasteiger partial charge in [-0.05, 0) is 23.6 Å². The van der Waals surface area contributed by atoms with Crippen molar-refractivity contribution in [3.8, 4) is 0 Å². The number of Topliss-reactive ketones (excluding diaryl/α,β-unsaturated/α-hetero) is 2. The third-order valence-electron chi connectivity index (χ3n) is 5.99. The van der Waals surface area contributed by atoms with Crippen LogP contribution in [0.4, 0.5) is 0 Å². The van der Waals surface area contributed by atoms with E-state index in [-0.39, 0.29) is 46.4 Å². The van der Waals surface area contributed by atoms with Gasteiger partial charge in [-0.25, -0.2) is 0 Å². The fraction of sp³-hybridized carbons (Fsp3) is 0.250. The van der Waals surface area contributed by atoms with Crippen molar-refractivity contribution in [2.45, 2.75) is 18.8 Å². The number of rotatable bonds is 1. The Morgan fingerprint density at radius 2 is 1.38 bits per heavy atom. The third-order valence-corrected chi connectivity index (χ3v) is 5.99. The molecule has 0 heterocycles. The number of carbonyl (C=O) groups is 3. The smallest absolute Gasteiger partial charge is 0.168 e. The molecule has 0 unspecified atom stereocenters. The van der Waals surface area contributed by atoms with Crippen LogP contribution in [0, 0.1) is 18.8 Å². The summed E-state index contributed by atoms with van der Waals surface area (Å²) < 4.78 is 0. The molecule has 3 aliphatic rings. The number of carboxylic acids is 1. The lowest BCUT2D eigenvalue weighted by Crippen LogP contribution is -2.43. The predicted octanol–water partition coefficient (Wildman–Crippen LogP) is 1.86. The second-order valence-corrected chi connectivity index (χ2v) is 6.93. The molecular formula is C20H13O4-. The molecule has 1 saturated carbocycles. The fourth-order valence-electron chi connectivity index (χ4n) is 5.11. The highest BCUT2D eigenvalue weighted by Gasteiger charge is 2.65. The first-order valence-corrected chi connectivity index (χ1v) is 8.04. The van der Waals surface area contributed by atoms with E-state index in [4.69, 9.17) is 0 Å². The predicted molar refractivity (Wildman–Crippen MR) is 83.1 cm³/mol. The molecule has 4 atom stereocenters. The van der Waals surface area contributed by atoms with Gasteiger partial charge in [0.25, 0.3) is 0 Å². The molecule has 1 fully saturated rings. The Hall–Kier alpha value is -2.75. The van der Waals surface area contributed by atoms with Crippen LogP contribution in [0.5, 0.6) is 0 Å². The van der Waals surface area contributed by atoms with Gasteiger partial charge in [0.05, 0.1) is 5.97 Å². The molecule has 2 aromatic rings. The first kappa shape index (κ1) is 13.7. The third kappa shape index (κ3) is 1.34. The monoisotopic (exact) mass is 317 g/mol. The van der Waals surface area contributed by atoms with Gasteiger partial charge in [-0.2, -0.15) is 0 Å². The topological polar surface area (TPSA) is 74.3 Å². The van der Waals surface area contributed by atoms with Crippen LogP contribution in [0.1, 0.15) is 59.6 Å². The van der Waals surface area contributed by atoms with Crippen LogP contribution >= 0.6 is 0 Å². The zero-order valence-corrected chi connectivity index (χ0v) is 12.9. The minimum atomic E-state index is -1.34. The van der Waals surface area contributed by atoms with E-state index in [1.165, 1.54) is 6.07 Å². The summed E-state index contributed by atoms with van der Waals surface area (Å²) in [6.07, 6.45) is 0. The second kappa shape index (κ2) is 4.20. The molecule has 0 amide bonds. The highest BCUT2D eigenvalue weighted by Crippen LogP contribution is 2.67. The molecule has 5 rings (SSSR count). The Bertz CT molecular complexity index is 972. The van der Waals surface area contributed by atoms with Crippen molar-refractivity contribution >= 4 is 17.5 Å². The van der Waals surface area contributed by atoms with Crippen molar-refractivity contribution in [2.24, 2.45) is 11.8 Å². The summed E-state index contributed by atoms with van der Waals surface area (Å²) in [5.74, 6) is -2.28. The van der Waals surface area contributed by atoms with Gasteiger partial charge in [-0.1, -0.05) is 36.4 Å². The standard InChI is InChI=1S/C20H14O4/c1-8-4-2-5-9-12(8)18(21)16-14(9)17-15(16)10-6-3-7-11(20(23)24)13(10)19(17)22/h2-7,14-17H,1H3,(H,23,24)/p-1/t14-,15-,16+,17-/m1/s1. The number of carbonyl (C=O) groups excluding carboxylic acids is 3. The molecule has 0 saturated heterocycles. The quantitative estimate of drug-likeness (QED) is 0.804. The summed E-state index contributed by atoms with van der Waals surface area (Å²) in [5.41, 5.74) is 3.55. The summed E-state index contributed by atoms with van der Waals surface area (Å²) in [4.78, 5) is 37.2. The van der Waals surface area contributed by atoms with Crippen LogP contribution < -0.4 is 5.11 Å². The van der Waals surface area contributed by atoms with Gasteiger partial charge in [0.1, 0.15) is 0 Å². The number of hydrogen-bond donors (Lipinski definition) is 0. The molecule has 4 nitrogen and oxygen atoms in total. The number of ketones is 2. The number of aryl methyl sites for hydroxylation is 1. The molecule has 0 aliphatic heterocycles. The summed E-state index contributed by atoms with van der Waals surface area (Å²) >= 11 is 0. The van der Waals surface area contributed by atoms with E-state index >= 15 is 0 Å². The molecule has 2 aromatic carbocycles. The van der Waals surface area contributed by atoms with Crippen LogP contribution in [-0.2, 0) is 0 Å². The summed E-state index contributed by atoms with van der Waals surface area (Å²) in [7, 11) is 0. The highest BCUT2D eigenvalue weighted by molar-refractivity contribution is 6.16. The maximum atomic E-state index is 12.9. The average Bonchev–Trinajstić information content (AvgIpc) is 2.89. The molecule has 24 heavy (non-hydrogen) atoms. The largest absolute Gasteiger partial charge is 0.545 e. The Morgan fingerprint density at radius 3 is 2.00 bits per heavy atom.